The summed E-state index contributed by atoms with van der Waals surface area (Å²) in [6.45, 7) is 2.87. The summed E-state index contributed by atoms with van der Waals surface area (Å²) < 4.78 is 42.3. The van der Waals surface area contributed by atoms with Crippen LogP contribution in [0.5, 0.6) is 0 Å². The van der Waals surface area contributed by atoms with Gasteiger partial charge < -0.3 is 4.90 Å². The molecule has 0 unspecified atom stereocenters. The van der Waals surface area contributed by atoms with Gasteiger partial charge in [0.2, 0.25) is 5.91 Å². The molecule has 4 aromatic carbocycles. The van der Waals surface area contributed by atoms with Crippen LogP contribution >= 0.6 is 11.8 Å². The number of thioether (sulfide) groups is 1. The molecule has 0 radical (unpaired) electrons. The van der Waals surface area contributed by atoms with Crippen molar-refractivity contribution in [2.75, 3.05) is 31.9 Å². The predicted octanol–water partition coefficient (Wildman–Crippen LogP) is 7.76. The van der Waals surface area contributed by atoms with Crippen LogP contribution in [0.2, 0.25) is 0 Å². The Bertz CT molecular complexity index is 1680. The highest BCUT2D eigenvalue weighted by Gasteiger charge is 2.31. The Kier molecular flexibility index (Phi) is 9.85. The maximum absolute atomic E-state index is 13.5. The molecule has 1 saturated heterocycles. The maximum atomic E-state index is 13.5. The Balaban J connectivity index is 1.08. The van der Waals surface area contributed by atoms with Gasteiger partial charge >= 0.3 is 6.18 Å². The molecule has 1 aliphatic heterocycles. The molecule has 5 aromatic rings. The zero-order chi connectivity index (χ0) is 31.9. The van der Waals surface area contributed by atoms with Crippen LogP contribution in [0.25, 0.3) is 17.1 Å². The van der Waals surface area contributed by atoms with Crippen LogP contribution in [0.15, 0.2) is 120 Å². The largest absolute Gasteiger partial charge is 0.416 e. The molecule has 0 spiro atoms. The number of halogens is 3. The smallest absolute Gasteiger partial charge is 0.340 e. The van der Waals surface area contributed by atoms with Crippen molar-refractivity contribution in [2.24, 2.45) is 0 Å². The second kappa shape index (κ2) is 14.3. The predicted molar refractivity (Wildman–Crippen MR) is 175 cm³/mol. The van der Waals surface area contributed by atoms with E-state index in [0.29, 0.717) is 48.4 Å². The van der Waals surface area contributed by atoms with Crippen LogP contribution in [0.1, 0.15) is 35.6 Å². The van der Waals surface area contributed by atoms with Crippen molar-refractivity contribution in [3.63, 3.8) is 0 Å². The number of benzene rings is 4. The highest BCUT2D eigenvalue weighted by molar-refractivity contribution is 7.99. The third-order valence-corrected chi connectivity index (χ3v) is 9.14. The quantitative estimate of drug-likeness (QED) is 0.115. The van der Waals surface area contributed by atoms with Crippen molar-refractivity contribution in [1.82, 2.24) is 24.6 Å². The van der Waals surface area contributed by atoms with E-state index < -0.39 is 11.7 Å². The van der Waals surface area contributed by atoms with Gasteiger partial charge in [0.1, 0.15) is 0 Å². The Morgan fingerprint density at radius 2 is 1.37 bits per heavy atom. The molecule has 1 fully saturated rings. The molecule has 6 rings (SSSR count). The van der Waals surface area contributed by atoms with Gasteiger partial charge in [-0.15, -0.1) is 10.2 Å². The second-order valence-corrected chi connectivity index (χ2v) is 12.2. The number of aromatic nitrogens is 3. The Labute approximate surface area is 270 Å². The van der Waals surface area contributed by atoms with Gasteiger partial charge in [-0.25, -0.2) is 0 Å². The number of amides is 1. The molecule has 0 N–H and O–H groups in total. The molecule has 0 aliphatic carbocycles. The van der Waals surface area contributed by atoms with Crippen molar-refractivity contribution < 1.29 is 18.0 Å². The van der Waals surface area contributed by atoms with E-state index in [1.54, 1.807) is 10.6 Å². The van der Waals surface area contributed by atoms with Gasteiger partial charge in [0.05, 0.1) is 17.3 Å². The second-order valence-electron chi connectivity index (χ2n) is 11.1. The minimum Gasteiger partial charge on any atom is -0.340 e. The molecular weight excluding hydrogens is 607 g/mol. The lowest BCUT2D eigenvalue weighted by Crippen LogP contribution is -2.49. The van der Waals surface area contributed by atoms with Gasteiger partial charge in [-0.1, -0.05) is 109 Å². The zero-order valence-corrected chi connectivity index (χ0v) is 26.0. The molecule has 0 bridgehead atoms. The molecule has 10 heteroatoms. The first-order valence-corrected chi connectivity index (χ1v) is 16.3. The van der Waals surface area contributed by atoms with E-state index in [0.717, 1.165) is 30.8 Å². The lowest BCUT2D eigenvalue weighted by atomic mass is 9.96. The number of rotatable bonds is 10. The Hall–Kier alpha value is -4.41. The van der Waals surface area contributed by atoms with Crippen molar-refractivity contribution >= 4 is 17.7 Å². The summed E-state index contributed by atoms with van der Waals surface area (Å²) in [6.07, 6.45) is -3.48. The molecule has 6 nitrogen and oxygen atoms in total. The topological polar surface area (TPSA) is 54.3 Å². The summed E-state index contributed by atoms with van der Waals surface area (Å²) >= 11 is 1.39. The van der Waals surface area contributed by atoms with Crippen LogP contribution in [-0.4, -0.2) is 62.4 Å². The number of hydrogen-bond donors (Lipinski definition) is 0. The molecule has 1 aliphatic rings. The zero-order valence-electron chi connectivity index (χ0n) is 25.2. The van der Waals surface area contributed by atoms with Gasteiger partial charge in [-0.2, -0.15) is 13.2 Å². The fourth-order valence-corrected chi connectivity index (χ4v) is 6.74. The van der Waals surface area contributed by atoms with Gasteiger partial charge in [0, 0.05) is 43.9 Å². The van der Waals surface area contributed by atoms with Crippen molar-refractivity contribution in [3.05, 3.63) is 132 Å². The first-order valence-electron chi connectivity index (χ1n) is 15.3. The summed E-state index contributed by atoms with van der Waals surface area (Å²) in [5, 5.41) is 9.15. The molecule has 2 heterocycles. The summed E-state index contributed by atoms with van der Waals surface area (Å²) in [7, 11) is 0. The molecule has 0 atom stereocenters. The Morgan fingerprint density at radius 1 is 0.761 bits per heavy atom. The first kappa shape index (κ1) is 31.6. The summed E-state index contributed by atoms with van der Waals surface area (Å²) in [6, 6.07) is 35.5. The molecule has 1 amide bonds. The van der Waals surface area contributed by atoms with E-state index in [1.165, 1.54) is 29.0 Å². The van der Waals surface area contributed by atoms with Crippen molar-refractivity contribution in [2.45, 2.75) is 30.2 Å². The fraction of sp³-hybridized carbons (Fsp3) is 0.250. The van der Waals surface area contributed by atoms with Crippen molar-refractivity contribution in [1.29, 1.82) is 0 Å². The van der Waals surface area contributed by atoms with Crippen LogP contribution < -0.4 is 0 Å². The highest BCUT2D eigenvalue weighted by atomic mass is 32.2. The standard InChI is InChI=1S/C36H34F3N5OS/c37-36(38,39)30-18-10-19-31(26-30)44-34(29-16-8-3-9-17-29)40-41-35(44)46-25-11-20-32(45)42-21-23-43(24-22-42)33(27-12-4-1-5-13-27)28-14-6-2-7-15-28/h1-10,12-19,26,33H,11,20-25H2. The van der Waals surface area contributed by atoms with Gasteiger partial charge in [-0.05, 0) is 35.7 Å². The molecule has 0 saturated carbocycles. The van der Waals surface area contributed by atoms with Crippen LogP contribution in [0.4, 0.5) is 13.2 Å². The monoisotopic (exact) mass is 641 g/mol. The average molecular weight is 642 g/mol. The molecular formula is C36H34F3N5OS. The van der Waals surface area contributed by atoms with Crippen LogP contribution in [-0.2, 0) is 11.0 Å². The van der Waals surface area contributed by atoms with E-state index in [1.807, 2.05) is 47.4 Å². The van der Waals surface area contributed by atoms with E-state index in [2.05, 4.69) is 63.6 Å². The number of carbonyl (C=O) groups is 1. The van der Waals surface area contributed by atoms with Gasteiger partial charge in [0.15, 0.2) is 11.0 Å². The normalized spacial score (nSPS) is 14.1. The number of carbonyl (C=O) groups excluding carboxylic acids is 1. The Morgan fingerprint density at radius 3 is 1.98 bits per heavy atom. The summed E-state index contributed by atoms with van der Waals surface area (Å²) in [4.78, 5) is 17.6. The molecule has 1 aromatic heterocycles. The van der Waals surface area contributed by atoms with E-state index in [-0.39, 0.29) is 11.9 Å². The third kappa shape index (κ3) is 7.35. The lowest BCUT2D eigenvalue weighted by molar-refractivity contribution is -0.137. The molecule has 46 heavy (non-hydrogen) atoms. The maximum Gasteiger partial charge on any atom is 0.416 e. The van der Waals surface area contributed by atoms with E-state index in [4.69, 9.17) is 0 Å². The SMILES string of the molecule is O=C(CCCSc1nnc(-c2ccccc2)n1-c1cccc(C(F)(F)F)c1)N1CCN(C(c2ccccc2)c2ccccc2)CC1. The van der Waals surface area contributed by atoms with Crippen LogP contribution in [0.3, 0.4) is 0 Å². The van der Waals surface area contributed by atoms with Gasteiger partial charge in [-0.3, -0.25) is 14.3 Å². The fourth-order valence-electron chi connectivity index (χ4n) is 5.85. The van der Waals surface area contributed by atoms with E-state index >= 15 is 0 Å². The number of hydrogen-bond acceptors (Lipinski definition) is 5. The average Bonchev–Trinajstić information content (AvgIpc) is 3.52. The number of piperazine rings is 1. The van der Waals surface area contributed by atoms with E-state index in [9.17, 15) is 18.0 Å². The van der Waals surface area contributed by atoms with Crippen molar-refractivity contribution in [3.8, 4) is 17.1 Å². The molecule has 236 valence electrons. The lowest BCUT2D eigenvalue weighted by Gasteiger charge is -2.40. The minimum atomic E-state index is -4.47. The third-order valence-electron chi connectivity index (χ3n) is 8.13. The number of nitrogens with zero attached hydrogens (tertiary/aromatic N) is 5. The summed E-state index contributed by atoms with van der Waals surface area (Å²) in [5.41, 5.74) is 2.81. The first-order chi connectivity index (χ1) is 22.4. The minimum absolute atomic E-state index is 0.112. The highest BCUT2D eigenvalue weighted by Crippen LogP contribution is 2.34. The number of alkyl halides is 3. The van der Waals surface area contributed by atoms with Crippen LogP contribution in [0, 0.1) is 0 Å². The van der Waals surface area contributed by atoms with Gasteiger partial charge in [0.25, 0.3) is 0 Å². The summed E-state index contributed by atoms with van der Waals surface area (Å²) in [5.74, 6) is 1.14.